The summed E-state index contributed by atoms with van der Waals surface area (Å²) in [6.07, 6.45) is 0. The molecular weight excluding hydrogens is 280 g/mol. The van der Waals surface area contributed by atoms with E-state index in [1.54, 1.807) is 6.07 Å². The summed E-state index contributed by atoms with van der Waals surface area (Å²) in [5, 5.41) is 0. The summed E-state index contributed by atoms with van der Waals surface area (Å²) >= 11 is 2.93. The number of halogens is 1. The van der Waals surface area contributed by atoms with E-state index in [0.29, 0.717) is 0 Å². The first-order valence-corrected chi connectivity index (χ1v) is 6.10. The van der Waals surface area contributed by atoms with Gasteiger partial charge in [0.25, 0.3) is 0 Å². The third kappa shape index (κ3) is 3.02. The fourth-order valence-electron chi connectivity index (χ4n) is 1.55. The first-order valence-electron chi connectivity index (χ1n) is 5.24. The van der Waals surface area contributed by atoms with Crippen molar-refractivity contribution in [2.75, 3.05) is 0 Å². The number of hydrogen-bond donors (Lipinski definition) is 0. The third-order valence-corrected chi connectivity index (χ3v) is 3.06. The molecule has 0 amide bonds. The van der Waals surface area contributed by atoms with Gasteiger partial charge in [0.15, 0.2) is 0 Å². The van der Waals surface area contributed by atoms with Crippen LogP contribution < -0.4 is 0 Å². The van der Waals surface area contributed by atoms with E-state index < -0.39 is 0 Å². The van der Waals surface area contributed by atoms with E-state index in [-0.39, 0.29) is 5.82 Å². The summed E-state index contributed by atoms with van der Waals surface area (Å²) in [5.74, 6) is -0.223. The SMILES string of the molecule is Cc1cc(F)ccc1C([Se])=Nc1ccccc1. The van der Waals surface area contributed by atoms with Crippen molar-refractivity contribution in [3.63, 3.8) is 0 Å². The van der Waals surface area contributed by atoms with Crippen LogP contribution in [0.1, 0.15) is 11.1 Å². The van der Waals surface area contributed by atoms with Gasteiger partial charge in [-0.15, -0.1) is 0 Å². The first kappa shape index (κ1) is 12.0. The van der Waals surface area contributed by atoms with Crippen molar-refractivity contribution in [2.24, 2.45) is 4.99 Å². The number of nitrogens with zero attached hydrogens (tertiary/aromatic N) is 1. The fourth-order valence-corrected chi connectivity index (χ4v) is 2.25. The first-order chi connectivity index (χ1) is 8.16. The molecule has 0 bridgehead atoms. The minimum absolute atomic E-state index is 0.223. The number of hydrogen-bond acceptors (Lipinski definition) is 1. The Morgan fingerprint density at radius 2 is 1.82 bits per heavy atom. The summed E-state index contributed by atoms with van der Waals surface area (Å²) in [5.41, 5.74) is 2.68. The van der Waals surface area contributed by atoms with E-state index in [0.717, 1.165) is 21.4 Å². The zero-order valence-electron chi connectivity index (χ0n) is 9.35. The van der Waals surface area contributed by atoms with Crippen molar-refractivity contribution >= 4 is 26.3 Å². The Labute approximate surface area is 108 Å². The van der Waals surface area contributed by atoms with E-state index in [2.05, 4.69) is 21.0 Å². The van der Waals surface area contributed by atoms with Gasteiger partial charge in [-0.2, -0.15) is 0 Å². The molecule has 3 heteroatoms. The zero-order chi connectivity index (χ0) is 12.3. The molecule has 2 aromatic carbocycles. The van der Waals surface area contributed by atoms with Crippen LogP contribution in [0.3, 0.4) is 0 Å². The minimum atomic E-state index is -0.223. The maximum absolute atomic E-state index is 13.0. The van der Waals surface area contributed by atoms with Gasteiger partial charge in [-0.05, 0) is 0 Å². The van der Waals surface area contributed by atoms with Crippen molar-refractivity contribution in [2.45, 2.75) is 6.92 Å². The van der Waals surface area contributed by atoms with E-state index in [9.17, 15) is 4.39 Å². The predicted molar refractivity (Wildman–Crippen MR) is 69.5 cm³/mol. The summed E-state index contributed by atoms with van der Waals surface area (Å²) in [7, 11) is 0. The van der Waals surface area contributed by atoms with Gasteiger partial charge in [0.2, 0.25) is 0 Å². The molecule has 0 aliphatic carbocycles. The average Bonchev–Trinajstić information content (AvgIpc) is 2.30. The van der Waals surface area contributed by atoms with Crippen molar-refractivity contribution in [3.05, 3.63) is 65.5 Å². The second kappa shape index (κ2) is 5.26. The Morgan fingerprint density at radius 1 is 1.12 bits per heavy atom. The Morgan fingerprint density at radius 3 is 2.47 bits per heavy atom. The molecule has 0 spiro atoms. The molecule has 0 heterocycles. The van der Waals surface area contributed by atoms with Crippen LogP contribution in [0.15, 0.2) is 53.5 Å². The third-order valence-electron chi connectivity index (χ3n) is 2.41. The van der Waals surface area contributed by atoms with E-state index in [4.69, 9.17) is 0 Å². The van der Waals surface area contributed by atoms with Gasteiger partial charge >= 0.3 is 108 Å². The number of aryl methyl sites for hydroxylation is 1. The molecule has 0 aliphatic heterocycles. The van der Waals surface area contributed by atoms with Gasteiger partial charge in [0, 0.05) is 0 Å². The van der Waals surface area contributed by atoms with Gasteiger partial charge in [-0.1, -0.05) is 0 Å². The molecule has 0 aliphatic rings. The Hall–Kier alpha value is -1.44. The zero-order valence-corrected chi connectivity index (χ0v) is 11.1. The normalized spacial score (nSPS) is 11.5. The monoisotopic (exact) mass is 292 g/mol. The molecule has 0 fully saturated rings. The quantitative estimate of drug-likeness (QED) is 0.594. The van der Waals surface area contributed by atoms with Crippen LogP contribution in [0.5, 0.6) is 0 Å². The summed E-state index contributed by atoms with van der Waals surface area (Å²) in [6.45, 7) is 1.87. The van der Waals surface area contributed by atoms with Crippen LogP contribution >= 0.6 is 0 Å². The molecular formula is C14H11FNSe. The van der Waals surface area contributed by atoms with Crippen LogP contribution in [0.2, 0.25) is 0 Å². The number of aliphatic imine (C=N–C) groups is 1. The second-order valence-corrected chi connectivity index (χ2v) is 4.52. The Balaban J connectivity index is 2.37. The van der Waals surface area contributed by atoms with E-state index >= 15 is 0 Å². The molecule has 2 aromatic rings. The van der Waals surface area contributed by atoms with Gasteiger partial charge in [0.05, 0.1) is 0 Å². The van der Waals surface area contributed by atoms with Crippen LogP contribution in [0.25, 0.3) is 0 Å². The molecule has 17 heavy (non-hydrogen) atoms. The average molecular weight is 291 g/mol. The Kier molecular flexibility index (Phi) is 3.72. The van der Waals surface area contributed by atoms with E-state index in [1.165, 1.54) is 12.1 Å². The van der Waals surface area contributed by atoms with Crippen LogP contribution in [0, 0.1) is 12.7 Å². The molecule has 0 saturated heterocycles. The van der Waals surface area contributed by atoms with Crippen molar-refractivity contribution in [3.8, 4) is 0 Å². The second-order valence-electron chi connectivity index (χ2n) is 3.71. The standard InChI is InChI=1S/C14H11FNSe/c1-10-9-11(15)7-8-13(10)14(17)16-12-5-3-2-4-6-12/h2-9H,1H3. The number of rotatable bonds is 2. The topological polar surface area (TPSA) is 12.4 Å². The molecule has 0 unspecified atom stereocenters. The Bertz CT molecular complexity index is 549. The van der Waals surface area contributed by atoms with Gasteiger partial charge < -0.3 is 0 Å². The van der Waals surface area contributed by atoms with Crippen LogP contribution in [-0.4, -0.2) is 20.6 Å². The molecule has 1 radical (unpaired) electrons. The van der Waals surface area contributed by atoms with Gasteiger partial charge in [-0.3, -0.25) is 0 Å². The van der Waals surface area contributed by atoms with Gasteiger partial charge in [-0.25, -0.2) is 0 Å². The van der Waals surface area contributed by atoms with Crippen molar-refractivity contribution < 1.29 is 4.39 Å². The van der Waals surface area contributed by atoms with Crippen LogP contribution in [0.4, 0.5) is 10.1 Å². The molecule has 85 valence electrons. The van der Waals surface area contributed by atoms with Crippen molar-refractivity contribution in [1.29, 1.82) is 0 Å². The fraction of sp³-hybridized carbons (Fsp3) is 0.0714. The molecule has 0 N–H and O–H groups in total. The van der Waals surface area contributed by atoms with Gasteiger partial charge in [0.1, 0.15) is 0 Å². The van der Waals surface area contributed by atoms with Crippen LogP contribution in [-0.2, 0) is 0 Å². The molecule has 1 nitrogen and oxygen atoms in total. The molecule has 0 saturated carbocycles. The summed E-state index contributed by atoms with van der Waals surface area (Å²) < 4.78 is 13.8. The number of para-hydroxylation sites is 1. The maximum atomic E-state index is 13.0. The summed E-state index contributed by atoms with van der Waals surface area (Å²) in [6, 6.07) is 14.4. The number of benzene rings is 2. The molecule has 0 aromatic heterocycles. The molecule has 0 atom stereocenters. The predicted octanol–water partition coefficient (Wildman–Crippen LogP) is 3.38. The van der Waals surface area contributed by atoms with E-state index in [1.807, 2.05) is 37.3 Å². The van der Waals surface area contributed by atoms with Crippen molar-refractivity contribution in [1.82, 2.24) is 0 Å². The summed E-state index contributed by atoms with van der Waals surface area (Å²) in [4.78, 5) is 4.46. The molecule has 2 rings (SSSR count).